The molecule has 0 aliphatic carbocycles. The normalized spacial score (nSPS) is 14.9. The molecular formula is C30H33F3N4O3. The van der Waals surface area contributed by atoms with Crippen molar-refractivity contribution in [3.63, 3.8) is 0 Å². The number of hydroxylamine groups is 1. The van der Waals surface area contributed by atoms with Crippen LogP contribution in [-0.4, -0.2) is 61.8 Å². The second kappa shape index (κ2) is 12.6. The van der Waals surface area contributed by atoms with Crippen molar-refractivity contribution in [1.82, 2.24) is 15.4 Å². The zero-order valence-corrected chi connectivity index (χ0v) is 22.9. The summed E-state index contributed by atoms with van der Waals surface area (Å²) in [4.78, 5) is 21.4. The van der Waals surface area contributed by atoms with E-state index in [-0.39, 0.29) is 6.54 Å². The Morgan fingerprint density at radius 3 is 2.50 bits per heavy atom. The molecule has 3 aromatic rings. The van der Waals surface area contributed by atoms with Gasteiger partial charge >= 0.3 is 0 Å². The molecule has 4 rings (SSSR count). The lowest BCUT2D eigenvalue weighted by Crippen LogP contribution is -2.48. The molecule has 0 bridgehead atoms. The largest absolute Gasteiger partial charge is 0.497 e. The fourth-order valence-electron chi connectivity index (χ4n) is 5.34. The smallest absolute Gasteiger partial charge is 0.249 e. The Morgan fingerprint density at radius 2 is 1.88 bits per heavy atom. The first-order chi connectivity index (χ1) is 19.2. The van der Waals surface area contributed by atoms with Gasteiger partial charge in [0, 0.05) is 44.7 Å². The third-order valence-electron chi connectivity index (χ3n) is 7.65. The van der Waals surface area contributed by atoms with E-state index >= 15 is 0 Å². The van der Waals surface area contributed by atoms with Crippen LogP contribution in [-0.2, 0) is 11.2 Å². The lowest BCUT2D eigenvalue weighted by molar-refractivity contribution is -0.143. The minimum absolute atomic E-state index is 0.240. The van der Waals surface area contributed by atoms with Crippen molar-refractivity contribution in [2.24, 2.45) is 5.41 Å². The summed E-state index contributed by atoms with van der Waals surface area (Å²) in [6, 6.07) is 6.98. The summed E-state index contributed by atoms with van der Waals surface area (Å²) in [5.74, 6) is 2.45. The van der Waals surface area contributed by atoms with Crippen LogP contribution >= 0.6 is 0 Å². The number of fused-ring (bicyclic) bond motifs is 1. The Bertz CT molecular complexity index is 1420. The summed E-state index contributed by atoms with van der Waals surface area (Å²) in [6.45, 7) is 1.29. The number of aromatic nitrogens is 1. The highest BCUT2D eigenvalue weighted by Crippen LogP contribution is 2.38. The molecule has 1 fully saturated rings. The quantitative estimate of drug-likeness (QED) is 0.239. The van der Waals surface area contributed by atoms with Gasteiger partial charge in [0.1, 0.15) is 23.2 Å². The zero-order chi connectivity index (χ0) is 28.9. The minimum Gasteiger partial charge on any atom is -0.497 e. The van der Waals surface area contributed by atoms with E-state index in [9.17, 15) is 23.2 Å². The van der Waals surface area contributed by atoms with Gasteiger partial charge in [-0.1, -0.05) is 11.8 Å². The lowest BCUT2D eigenvalue weighted by Gasteiger charge is -2.39. The Balaban J connectivity index is 1.45. The Kier molecular flexibility index (Phi) is 9.17. The monoisotopic (exact) mass is 554 g/mol. The average Bonchev–Trinajstić information content (AvgIpc) is 2.94. The van der Waals surface area contributed by atoms with E-state index in [1.165, 1.54) is 0 Å². The number of anilines is 1. The predicted molar refractivity (Wildman–Crippen MR) is 147 cm³/mol. The Hall–Kier alpha value is -3.81. The molecule has 10 heteroatoms. The van der Waals surface area contributed by atoms with Gasteiger partial charge in [-0.25, -0.2) is 18.7 Å². The van der Waals surface area contributed by atoms with E-state index in [0.717, 1.165) is 27.9 Å². The summed E-state index contributed by atoms with van der Waals surface area (Å²) in [5, 5.41) is 10.5. The Labute approximate surface area is 231 Å². The maximum atomic E-state index is 13.9. The van der Waals surface area contributed by atoms with Gasteiger partial charge in [-0.3, -0.25) is 19.9 Å². The second-order valence-electron chi connectivity index (χ2n) is 10.3. The van der Waals surface area contributed by atoms with E-state index in [1.807, 2.05) is 53.8 Å². The topological polar surface area (TPSA) is 77.9 Å². The van der Waals surface area contributed by atoms with Crippen molar-refractivity contribution in [2.75, 3.05) is 45.7 Å². The van der Waals surface area contributed by atoms with Crippen molar-refractivity contribution >= 4 is 22.5 Å². The number of halogens is 3. The molecule has 0 spiro atoms. The minimum atomic E-state index is -1.04. The standard InChI is InChI=1S/C30H33F3N4O3/c1-36(2)28-19-34-27-9-8-21(40-3)18-24(27)22(28)6-4-10-30(29(38)35-39)11-14-37(15-12-30)13-5-7-23-25(32)16-20(31)17-26(23)33/h8-9,16-19,39H,4,6,10-15H2,1-3H3,(H,35,38). The molecular weight excluding hydrogens is 521 g/mol. The fraction of sp³-hybridized carbons (Fsp3) is 0.400. The molecule has 40 heavy (non-hydrogen) atoms. The first-order valence-corrected chi connectivity index (χ1v) is 13.1. The number of likely N-dealkylation sites (tertiary alicyclic amines) is 1. The van der Waals surface area contributed by atoms with Gasteiger partial charge in [0.25, 0.3) is 0 Å². The summed E-state index contributed by atoms with van der Waals surface area (Å²) in [5.41, 5.74) is 3.60. The van der Waals surface area contributed by atoms with Crippen molar-refractivity contribution < 1.29 is 27.9 Å². The SMILES string of the molecule is COc1ccc2ncc(N(C)C)c(CCCC3(C(=O)NO)CCN(CC#Cc4c(F)cc(F)cc4F)CC3)c2c1. The van der Waals surface area contributed by atoms with E-state index in [4.69, 9.17) is 4.74 Å². The summed E-state index contributed by atoms with van der Waals surface area (Å²) < 4.78 is 46.3. The summed E-state index contributed by atoms with van der Waals surface area (Å²) in [7, 11) is 5.55. The van der Waals surface area contributed by atoms with Gasteiger partial charge < -0.3 is 9.64 Å². The molecule has 0 saturated carbocycles. The number of amides is 1. The first kappa shape index (κ1) is 29.2. The number of pyridine rings is 1. The lowest BCUT2D eigenvalue weighted by atomic mass is 9.73. The van der Waals surface area contributed by atoms with Crippen molar-refractivity contribution in [3.05, 3.63) is 65.1 Å². The summed E-state index contributed by atoms with van der Waals surface area (Å²) >= 11 is 0. The van der Waals surface area contributed by atoms with Crippen LogP contribution in [0.25, 0.3) is 10.9 Å². The van der Waals surface area contributed by atoms with E-state index in [1.54, 1.807) is 7.11 Å². The van der Waals surface area contributed by atoms with Gasteiger partial charge in [0.2, 0.25) is 5.91 Å². The molecule has 2 aromatic carbocycles. The third-order valence-corrected chi connectivity index (χ3v) is 7.65. The van der Waals surface area contributed by atoms with Crippen LogP contribution < -0.4 is 15.1 Å². The number of methoxy groups -OCH3 is 1. The number of piperidine rings is 1. The summed E-state index contributed by atoms with van der Waals surface area (Å²) in [6.07, 6.45) is 4.80. The maximum Gasteiger partial charge on any atom is 0.249 e. The molecule has 212 valence electrons. The highest BCUT2D eigenvalue weighted by molar-refractivity contribution is 5.88. The maximum absolute atomic E-state index is 13.9. The predicted octanol–water partition coefficient (Wildman–Crippen LogP) is 4.69. The first-order valence-electron chi connectivity index (χ1n) is 13.1. The van der Waals surface area contributed by atoms with Gasteiger partial charge in [0.05, 0.1) is 42.0 Å². The molecule has 1 saturated heterocycles. The van der Waals surface area contributed by atoms with E-state index < -0.39 is 34.3 Å². The van der Waals surface area contributed by atoms with E-state index in [0.29, 0.717) is 57.3 Å². The Morgan fingerprint density at radius 1 is 1.18 bits per heavy atom. The highest BCUT2D eigenvalue weighted by atomic mass is 19.1. The van der Waals surface area contributed by atoms with Crippen LogP contribution in [0.4, 0.5) is 18.9 Å². The average molecular weight is 555 g/mol. The van der Waals surface area contributed by atoms with Crippen LogP contribution in [0.3, 0.4) is 0 Å². The van der Waals surface area contributed by atoms with Crippen molar-refractivity contribution in [2.45, 2.75) is 32.1 Å². The number of nitrogens with zero attached hydrogens (tertiary/aromatic N) is 3. The number of rotatable bonds is 8. The van der Waals surface area contributed by atoms with E-state index in [2.05, 4.69) is 16.8 Å². The van der Waals surface area contributed by atoms with Crippen LogP contribution in [0, 0.1) is 34.7 Å². The van der Waals surface area contributed by atoms with Gasteiger partial charge in [-0.2, -0.15) is 0 Å². The van der Waals surface area contributed by atoms with Gasteiger partial charge in [0.15, 0.2) is 0 Å². The molecule has 1 aliphatic heterocycles. The number of hydrogen-bond donors (Lipinski definition) is 2. The van der Waals surface area contributed by atoms with Crippen LogP contribution in [0.2, 0.25) is 0 Å². The molecule has 1 amide bonds. The highest BCUT2D eigenvalue weighted by Gasteiger charge is 2.40. The fourth-order valence-corrected chi connectivity index (χ4v) is 5.34. The van der Waals surface area contributed by atoms with Gasteiger partial charge in [-0.15, -0.1) is 0 Å². The third kappa shape index (κ3) is 6.32. The van der Waals surface area contributed by atoms with Crippen LogP contribution in [0.15, 0.2) is 36.5 Å². The molecule has 0 unspecified atom stereocenters. The molecule has 0 atom stereocenters. The number of nitrogens with one attached hydrogen (secondary N) is 1. The number of benzene rings is 2. The molecule has 2 N–H and O–H groups in total. The number of carbonyl (C=O) groups is 1. The van der Waals surface area contributed by atoms with Gasteiger partial charge in [-0.05, 0) is 55.9 Å². The number of hydrogen-bond acceptors (Lipinski definition) is 6. The number of aryl methyl sites for hydroxylation is 1. The number of ether oxygens (including phenoxy) is 1. The molecule has 0 radical (unpaired) electrons. The van der Waals surface area contributed by atoms with Crippen LogP contribution in [0.1, 0.15) is 36.8 Å². The molecule has 1 aromatic heterocycles. The van der Waals surface area contributed by atoms with Crippen molar-refractivity contribution in [1.29, 1.82) is 0 Å². The molecule has 1 aliphatic rings. The van der Waals surface area contributed by atoms with Crippen LogP contribution in [0.5, 0.6) is 5.75 Å². The molecule has 7 nitrogen and oxygen atoms in total. The number of carbonyl (C=O) groups excluding carboxylic acids is 1. The van der Waals surface area contributed by atoms with Crippen molar-refractivity contribution in [3.8, 4) is 17.6 Å². The second-order valence-corrected chi connectivity index (χ2v) is 10.3. The molecule has 2 heterocycles. The zero-order valence-electron chi connectivity index (χ0n) is 22.9.